The molecular weight excluding hydrogens is 240 g/mol. The zero-order valence-electron chi connectivity index (χ0n) is 7.97. The Morgan fingerprint density at radius 3 is 2.19 bits per heavy atom. The van der Waals surface area contributed by atoms with Gasteiger partial charge in [0.25, 0.3) is 16.6 Å². The number of halogens is 1. The number of non-ortho nitro benzene ring substituents is 1. The van der Waals surface area contributed by atoms with Gasteiger partial charge in [0.15, 0.2) is 0 Å². The van der Waals surface area contributed by atoms with Gasteiger partial charge in [0.05, 0.1) is 21.5 Å². The highest BCUT2D eigenvalue weighted by molar-refractivity contribution is 6.68. The molecule has 0 aliphatic carbocycles. The van der Waals surface area contributed by atoms with Gasteiger partial charge >= 0.3 is 0 Å². The molecule has 1 aromatic rings. The summed E-state index contributed by atoms with van der Waals surface area (Å²) in [6, 6.07) is 1.70. The van der Waals surface area contributed by atoms with Crippen LogP contribution in [0.25, 0.3) is 0 Å². The molecule has 8 heteroatoms. The lowest BCUT2D eigenvalue weighted by Crippen LogP contribution is -2.01. The van der Waals surface area contributed by atoms with Gasteiger partial charge in [0.1, 0.15) is 0 Å². The third kappa shape index (κ3) is 2.14. The van der Waals surface area contributed by atoms with E-state index in [2.05, 4.69) is 0 Å². The van der Waals surface area contributed by atoms with Crippen molar-refractivity contribution >= 4 is 28.2 Å². The number of hydrogen-bond donors (Lipinski definition) is 0. The van der Waals surface area contributed by atoms with Crippen molar-refractivity contribution in [2.75, 3.05) is 0 Å². The summed E-state index contributed by atoms with van der Waals surface area (Å²) in [4.78, 5) is 30.4. The van der Waals surface area contributed by atoms with E-state index in [0.29, 0.717) is 0 Å². The van der Waals surface area contributed by atoms with E-state index in [0.717, 1.165) is 12.1 Å². The van der Waals surface area contributed by atoms with Crippen LogP contribution in [0.4, 0.5) is 11.4 Å². The molecule has 0 saturated carbocycles. The molecule has 0 spiro atoms. The van der Waals surface area contributed by atoms with E-state index >= 15 is 0 Å². The monoisotopic (exact) mass is 244 g/mol. The van der Waals surface area contributed by atoms with Crippen molar-refractivity contribution in [3.05, 3.63) is 43.5 Å². The molecule has 0 aliphatic rings. The molecule has 0 unspecified atom stereocenters. The number of benzene rings is 1. The summed E-state index contributed by atoms with van der Waals surface area (Å²) in [5, 5.41) is 20.1. The van der Waals surface area contributed by atoms with Crippen LogP contribution in [0.2, 0.25) is 0 Å². The Bertz CT molecular complexity index is 464. The van der Waals surface area contributed by atoms with Crippen LogP contribution >= 0.6 is 11.6 Å². The summed E-state index contributed by atoms with van der Waals surface area (Å²) in [6.07, 6.45) is 0. The largest absolute Gasteiger partial charge is 0.279 e. The quantitative estimate of drug-likeness (QED) is 0.460. The van der Waals surface area contributed by atoms with Gasteiger partial charge in [-0.15, -0.1) is 0 Å². The molecular formula is C8H5ClN2O5. The minimum atomic E-state index is -0.968. The van der Waals surface area contributed by atoms with Crippen molar-refractivity contribution in [2.45, 2.75) is 6.92 Å². The molecule has 0 atom stereocenters. The lowest BCUT2D eigenvalue weighted by atomic mass is 10.1. The smallest absolute Gasteiger partial charge is 0.276 e. The molecule has 0 fully saturated rings. The van der Waals surface area contributed by atoms with Gasteiger partial charge in [-0.05, 0) is 18.5 Å². The summed E-state index contributed by atoms with van der Waals surface area (Å²) in [5.41, 5.74) is -1.27. The first kappa shape index (κ1) is 12.1. The number of carbonyl (C=O) groups is 1. The van der Waals surface area contributed by atoms with Gasteiger partial charge in [0.2, 0.25) is 0 Å². The Morgan fingerprint density at radius 2 is 1.81 bits per heavy atom. The Morgan fingerprint density at radius 1 is 1.25 bits per heavy atom. The van der Waals surface area contributed by atoms with Gasteiger partial charge in [-0.3, -0.25) is 25.0 Å². The van der Waals surface area contributed by atoms with Crippen LogP contribution in [0.15, 0.2) is 12.1 Å². The second-order valence-electron chi connectivity index (χ2n) is 2.93. The molecule has 0 amide bonds. The number of hydrogen-bond acceptors (Lipinski definition) is 5. The summed E-state index contributed by atoms with van der Waals surface area (Å²) < 4.78 is 0. The minimum Gasteiger partial charge on any atom is -0.276 e. The van der Waals surface area contributed by atoms with Crippen molar-refractivity contribution in [3.63, 3.8) is 0 Å². The summed E-state index contributed by atoms with van der Waals surface area (Å²) in [5.74, 6) is 0. The third-order valence-electron chi connectivity index (χ3n) is 1.98. The fourth-order valence-electron chi connectivity index (χ4n) is 1.18. The average Bonchev–Trinajstić information content (AvgIpc) is 2.16. The predicted octanol–water partition coefficient (Wildman–Crippen LogP) is 2.19. The Kier molecular flexibility index (Phi) is 3.19. The van der Waals surface area contributed by atoms with Crippen LogP contribution in [-0.4, -0.2) is 15.1 Å². The molecule has 0 radical (unpaired) electrons. The molecule has 7 nitrogen and oxygen atoms in total. The van der Waals surface area contributed by atoms with E-state index in [1.54, 1.807) is 0 Å². The number of rotatable bonds is 3. The van der Waals surface area contributed by atoms with Crippen LogP contribution in [0, 0.1) is 27.2 Å². The topological polar surface area (TPSA) is 103 Å². The SMILES string of the molecule is Cc1c(C(=O)Cl)cc([N+](=O)[O-])cc1[N+](=O)[O-]. The highest BCUT2D eigenvalue weighted by Gasteiger charge is 2.23. The molecule has 84 valence electrons. The van der Waals surface area contributed by atoms with E-state index in [9.17, 15) is 25.0 Å². The molecule has 0 N–H and O–H groups in total. The zero-order valence-corrected chi connectivity index (χ0v) is 8.72. The number of nitro benzene ring substituents is 2. The van der Waals surface area contributed by atoms with Crippen molar-refractivity contribution < 1.29 is 14.6 Å². The molecule has 1 aromatic carbocycles. The van der Waals surface area contributed by atoms with Crippen LogP contribution in [0.5, 0.6) is 0 Å². The Labute approximate surface area is 93.9 Å². The first-order valence-electron chi connectivity index (χ1n) is 3.98. The fraction of sp³-hybridized carbons (Fsp3) is 0.125. The maximum atomic E-state index is 10.9. The second kappa shape index (κ2) is 4.23. The molecule has 0 heterocycles. The van der Waals surface area contributed by atoms with E-state index in [1.807, 2.05) is 0 Å². The maximum Gasteiger partial charge on any atom is 0.279 e. The summed E-state index contributed by atoms with van der Waals surface area (Å²) in [6.45, 7) is 1.30. The van der Waals surface area contributed by atoms with E-state index in [1.165, 1.54) is 6.92 Å². The zero-order chi connectivity index (χ0) is 12.5. The van der Waals surface area contributed by atoms with Crippen molar-refractivity contribution in [1.82, 2.24) is 0 Å². The van der Waals surface area contributed by atoms with Crippen LogP contribution in [0.3, 0.4) is 0 Å². The summed E-state index contributed by atoms with van der Waals surface area (Å²) in [7, 11) is 0. The molecule has 1 rings (SSSR count). The third-order valence-corrected chi connectivity index (χ3v) is 2.19. The van der Waals surface area contributed by atoms with Crippen molar-refractivity contribution in [2.24, 2.45) is 0 Å². The van der Waals surface area contributed by atoms with Crippen LogP contribution < -0.4 is 0 Å². The van der Waals surface area contributed by atoms with E-state index in [-0.39, 0.29) is 11.1 Å². The average molecular weight is 245 g/mol. The number of nitrogens with zero attached hydrogens (tertiary/aromatic N) is 2. The Hall–Kier alpha value is -2.02. The van der Waals surface area contributed by atoms with Crippen molar-refractivity contribution in [3.8, 4) is 0 Å². The minimum absolute atomic E-state index is 0.00981. The summed E-state index contributed by atoms with van der Waals surface area (Å²) >= 11 is 5.18. The maximum absolute atomic E-state index is 10.9. The lowest BCUT2D eigenvalue weighted by molar-refractivity contribution is -0.394. The van der Waals surface area contributed by atoms with Gasteiger partial charge in [-0.2, -0.15) is 0 Å². The number of carbonyl (C=O) groups excluding carboxylic acids is 1. The molecule has 0 aromatic heterocycles. The molecule has 0 bridgehead atoms. The van der Waals surface area contributed by atoms with Crippen molar-refractivity contribution in [1.29, 1.82) is 0 Å². The fourth-order valence-corrected chi connectivity index (χ4v) is 1.38. The van der Waals surface area contributed by atoms with Gasteiger partial charge < -0.3 is 0 Å². The number of nitro groups is 2. The van der Waals surface area contributed by atoms with E-state index in [4.69, 9.17) is 11.6 Å². The van der Waals surface area contributed by atoms with Gasteiger partial charge in [-0.25, -0.2) is 0 Å². The standard InChI is InChI=1S/C8H5ClN2O5/c1-4-6(8(9)12)2-5(10(13)14)3-7(4)11(15)16/h2-3H,1H3. The highest BCUT2D eigenvalue weighted by atomic mass is 35.5. The molecule has 16 heavy (non-hydrogen) atoms. The molecule has 0 aliphatic heterocycles. The van der Waals surface area contributed by atoms with Crippen LogP contribution in [0.1, 0.15) is 15.9 Å². The van der Waals surface area contributed by atoms with E-state index < -0.39 is 26.5 Å². The first-order chi connectivity index (χ1) is 7.34. The predicted molar refractivity (Wildman–Crippen MR) is 54.7 cm³/mol. The Balaban J connectivity index is 3.57. The van der Waals surface area contributed by atoms with Crippen LogP contribution in [-0.2, 0) is 0 Å². The lowest BCUT2D eigenvalue weighted by Gasteiger charge is -2.01. The first-order valence-corrected chi connectivity index (χ1v) is 4.35. The normalized spacial score (nSPS) is 9.88. The van der Waals surface area contributed by atoms with Gasteiger partial charge in [-0.1, -0.05) is 0 Å². The second-order valence-corrected chi connectivity index (χ2v) is 3.27. The molecule has 0 saturated heterocycles. The van der Waals surface area contributed by atoms with Gasteiger partial charge in [0, 0.05) is 11.6 Å². The highest BCUT2D eigenvalue weighted by Crippen LogP contribution is 2.28.